The molecule has 0 saturated heterocycles. The largest absolute Gasteiger partial charge is 0.489 e. The highest BCUT2D eigenvalue weighted by atomic mass is 32.1. The van der Waals surface area contributed by atoms with Gasteiger partial charge in [0.05, 0.1) is 11.6 Å². The first-order chi connectivity index (χ1) is 5.47. The van der Waals surface area contributed by atoms with Crippen molar-refractivity contribution in [3.05, 3.63) is 46.9 Å². The van der Waals surface area contributed by atoms with E-state index in [-0.39, 0.29) is 6.10 Å². The molecule has 0 saturated carbocycles. The van der Waals surface area contributed by atoms with Gasteiger partial charge in [-0.25, -0.2) is 0 Å². The SMILES string of the molecule is [c]1sccc1C1C=CC=CO1. The van der Waals surface area contributed by atoms with Crippen molar-refractivity contribution in [2.45, 2.75) is 6.10 Å². The molecule has 1 aromatic heterocycles. The summed E-state index contributed by atoms with van der Waals surface area (Å²) in [6.45, 7) is 0. The number of hydrogen-bond acceptors (Lipinski definition) is 2. The van der Waals surface area contributed by atoms with Crippen molar-refractivity contribution in [2.75, 3.05) is 0 Å². The summed E-state index contributed by atoms with van der Waals surface area (Å²) in [5.74, 6) is 0. The summed E-state index contributed by atoms with van der Waals surface area (Å²) in [4.78, 5) is 0. The lowest BCUT2D eigenvalue weighted by atomic mass is 10.2. The van der Waals surface area contributed by atoms with Gasteiger partial charge in [-0.15, -0.1) is 11.3 Å². The Morgan fingerprint density at radius 3 is 3.09 bits per heavy atom. The molecule has 1 aliphatic rings. The average Bonchev–Trinajstić information content (AvgIpc) is 2.58. The molecule has 2 heterocycles. The van der Waals surface area contributed by atoms with Crippen molar-refractivity contribution >= 4 is 11.3 Å². The van der Waals surface area contributed by atoms with E-state index in [4.69, 9.17) is 4.74 Å². The topological polar surface area (TPSA) is 9.23 Å². The van der Waals surface area contributed by atoms with Crippen molar-refractivity contribution in [3.8, 4) is 0 Å². The van der Waals surface area contributed by atoms with Crippen LogP contribution in [-0.4, -0.2) is 0 Å². The van der Waals surface area contributed by atoms with E-state index in [0.29, 0.717) is 0 Å². The van der Waals surface area contributed by atoms with Crippen molar-refractivity contribution in [2.24, 2.45) is 0 Å². The predicted molar refractivity (Wildman–Crippen MR) is 45.3 cm³/mol. The van der Waals surface area contributed by atoms with Gasteiger partial charge >= 0.3 is 0 Å². The first-order valence-corrected chi connectivity index (χ1v) is 4.28. The second kappa shape index (κ2) is 2.93. The van der Waals surface area contributed by atoms with Crippen LogP contribution >= 0.6 is 11.3 Å². The van der Waals surface area contributed by atoms with Gasteiger partial charge in [0.1, 0.15) is 6.10 Å². The zero-order chi connectivity index (χ0) is 7.52. The van der Waals surface area contributed by atoms with E-state index in [2.05, 4.69) is 5.38 Å². The second-order valence-corrected chi connectivity index (χ2v) is 2.96. The molecule has 2 rings (SSSR count). The molecule has 1 atom stereocenters. The van der Waals surface area contributed by atoms with Crippen molar-refractivity contribution in [1.82, 2.24) is 0 Å². The predicted octanol–water partition coefficient (Wildman–Crippen LogP) is 2.69. The third kappa shape index (κ3) is 1.35. The Morgan fingerprint density at radius 2 is 2.45 bits per heavy atom. The molecular formula is C9H7OS. The van der Waals surface area contributed by atoms with Crippen molar-refractivity contribution in [3.63, 3.8) is 0 Å². The van der Waals surface area contributed by atoms with E-state index < -0.39 is 0 Å². The summed E-state index contributed by atoms with van der Waals surface area (Å²) in [6, 6.07) is 2.03. The van der Waals surface area contributed by atoms with Gasteiger partial charge in [0, 0.05) is 5.56 Å². The highest BCUT2D eigenvalue weighted by Crippen LogP contribution is 2.22. The second-order valence-electron chi connectivity index (χ2n) is 2.25. The van der Waals surface area contributed by atoms with Crippen LogP contribution in [0.1, 0.15) is 11.7 Å². The van der Waals surface area contributed by atoms with E-state index in [0.717, 1.165) is 5.56 Å². The molecule has 2 heteroatoms. The Morgan fingerprint density at radius 1 is 1.45 bits per heavy atom. The maximum Gasteiger partial charge on any atom is 0.143 e. The molecule has 0 aromatic carbocycles. The van der Waals surface area contributed by atoms with E-state index in [9.17, 15) is 0 Å². The molecular weight excluding hydrogens is 156 g/mol. The normalized spacial score (nSPS) is 21.6. The molecule has 1 nitrogen and oxygen atoms in total. The van der Waals surface area contributed by atoms with Crippen LogP contribution in [0.25, 0.3) is 0 Å². The third-order valence-corrected chi connectivity index (χ3v) is 2.13. The fourth-order valence-corrected chi connectivity index (χ4v) is 1.56. The van der Waals surface area contributed by atoms with Crippen LogP contribution in [0.2, 0.25) is 0 Å². The Bertz CT molecular complexity index is 272. The number of hydrogen-bond donors (Lipinski definition) is 0. The van der Waals surface area contributed by atoms with Gasteiger partial charge in [-0.3, -0.25) is 0 Å². The van der Waals surface area contributed by atoms with E-state index in [1.54, 1.807) is 17.6 Å². The molecule has 1 aromatic rings. The van der Waals surface area contributed by atoms with Crippen molar-refractivity contribution < 1.29 is 4.74 Å². The summed E-state index contributed by atoms with van der Waals surface area (Å²) in [7, 11) is 0. The first-order valence-electron chi connectivity index (χ1n) is 3.41. The van der Waals surface area contributed by atoms with Crippen LogP contribution in [0.4, 0.5) is 0 Å². The third-order valence-electron chi connectivity index (χ3n) is 1.50. The van der Waals surface area contributed by atoms with Crippen LogP contribution in [0.15, 0.2) is 35.9 Å². The maximum atomic E-state index is 5.33. The number of ether oxygens (including phenoxy) is 1. The maximum absolute atomic E-state index is 5.33. The highest BCUT2D eigenvalue weighted by molar-refractivity contribution is 7.07. The van der Waals surface area contributed by atoms with Gasteiger partial charge in [-0.05, 0) is 23.6 Å². The van der Waals surface area contributed by atoms with Crippen molar-refractivity contribution in [1.29, 1.82) is 0 Å². The van der Waals surface area contributed by atoms with E-state index >= 15 is 0 Å². The summed E-state index contributed by atoms with van der Waals surface area (Å²) in [5, 5.41) is 5.14. The molecule has 1 aliphatic heterocycles. The zero-order valence-corrected chi connectivity index (χ0v) is 6.67. The monoisotopic (exact) mass is 163 g/mol. The van der Waals surface area contributed by atoms with Crippen LogP contribution in [0.3, 0.4) is 0 Å². The number of allylic oxidation sites excluding steroid dienone is 2. The summed E-state index contributed by atoms with van der Waals surface area (Å²) in [6.07, 6.45) is 7.66. The van der Waals surface area contributed by atoms with E-state index in [1.165, 1.54) is 0 Å². The molecule has 0 bridgehead atoms. The molecule has 11 heavy (non-hydrogen) atoms. The van der Waals surface area contributed by atoms with Crippen LogP contribution in [-0.2, 0) is 4.74 Å². The Labute approximate surface area is 69.6 Å². The lowest BCUT2D eigenvalue weighted by Crippen LogP contribution is -1.96. The van der Waals surface area contributed by atoms with Gasteiger partial charge in [0.2, 0.25) is 0 Å². The first kappa shape index (κ1) is 6.68. The lowest BCUT2D eigenvalue weighted by Gasteiger charge is -2.12. The van der Waals surface area contributed by atoms with Gasteiger partial charge < -0.3 is 4.74 Å². The minimum Gasteiger partial charge on any atom is -0.489 e. The van der Waals surface area contributed by atoms with Gasteiger partial charge in [0.25, 0.3) is 0 Å². The Kier molecular flexibility index (Phi) is 1.78. The Balaban J connectivity index is 2.19. The highest BCUT2D eigenvalue weighted by Gasteiger charge is 2.08. The molecule has 0 aliphatic carbocycles. The summed E-state index contributed by atoms with van der Waals surface area (Å²) >= 11 is 1.57. The molecule has 1 radical (unpaired) electrons. The Hall–Kier alpha value is -1.02. The fourth-order valence-electron chi connectivity index (χ4n) is 0.959. The number of rotatable bonds is 1. The summed E-state index contributed by atoms with van der Waals surface area (Å²) < 4.78 is 5.33. The van der Waals surface area contributed by atoms with Gasteiger partial charge in [0.15, 0.2) is 0 Å². The molecule has 0 spiro atoms. The minimum atomic E-state index is 0.0752. The van der Waals surface area contributed by atoms with Crippen LogP contribution in [0, 0.1) is 5.38 Å². The van der Waals surface area contributed by atoms with Crippen LogP contribution in [0.5, 0.6) is 0 Å². The van der Waals surface area contributed by atoms with E-state index in [1.807, 2.05) is 29.7 Å². The van der Waals surface area contributed by atoms with Crippen LogP contribution < -0.4 is 0 Å². The fraction of sp³-hybridized carbons (Fsp3) is 0.111. The molecule has 0 amide bonds. The molecule has 1 unspecified atom stereocenters. The zero-order valence-electron chi connectivity index (χ0n) is 5.86. The average molecular weight is 163 g/mol. The standard InChI is InChI=1S/C9H7OS/c1-2-5-10-9(3-1)8-4-6-11-7-8/h1-6,9H. The molecule has 0 fully saturated rings. The lowest BCUT2D eigenvalue weighted by molar-refractivity contribution is 0.186. The molecule has 55 valence electrons. The quantitative estimate of drug-likeness (QED) is 0.618. The smallest absolute Gasteiger partial charge is 0.143 e. The van der Waals surface area contributed by atoms with Gasteiger partial charge in [-0.2, -0.15) is 0 Å². The number of thiophene rings is 1. The summed E-state index contributed by atoms with van der Waals surface area (Å²) in [5.41, 5.74) is 1.11. The minimum absolute atomic E-state index is 0.0752. The molecule has 0 N–H and O–H groups in total. The van der Waals surface area contributed by atoms with Gasteiger partial charge in [-0.1, -0.05) is 6.08 Å².